The number of carbonyl (C=O) groups is 1. The van der Waals surface area contributed by atoms with Crippen LogP contribution in [0.3, 0.4) is 0 Å². The number of hydrogen-bond donors (Lipinski definition) is 1. The maximum absolute atomic E-state index is 12.8. The average molecular weight is 276 g/mol. The molecule has 4 heteroatoms. The second-order valence-electron chi connectivity index (χ2n) is 5.69. The Bertz CT molecular complexity index is 474. The lowest BCUT2D eigenvalue weighted by atomic mass is 9.92. The molecule has 2 rings (SSSR count). The SMILES string of the molecule is CC1CC(C)CN(C(=O)N/C=C/c2ccc(F)cc2)C1. The topological polar surface area (TPSA) is 32.3 Å². The van der Waals surface area contributed by atoms with Crippen molar-refractivity contribution in [2.45, 2.75) is 20.3 Å². The van der Waals surface area contributed by atoms with Gasteiger partial charge in [0.2, 0.25) is 0 Å². The van der Waals surface area contributed by atoms with Gasteiger partial charge in [-0.15, -0.1) is 0 Å². The van der Waals surface area contributed by atoms with Crippen molar-refractivity contribution < 1.29 is 9.18 Å². The molecule has 1 aromatic rings. The molecule has 0 aliphatic carbocycles. The van der Waals surface area contributed by atoms with Gasteiger partial charge in [0.05, 0.1) is 0 Å². The second-order valence-corrected chi connectivity index (χ2v) is 5.69. The number of urea groups is 1. The molecule has 1 aromatic carbocycles. The van der Waals surface area contributed by atoms with Gasteiger partial charge in [-0.2, -0.15) is 0 Å². The van der Waals surface area contributed by atoms with Crippen LogP contribution < -0.4 is 5.32 Å². The summed E-state index contributed by atoms with van der Waals surface area (Å²) in [6.45, 7) is 5.95. The van der Waals surface area contributed by atoms with Crippen LogP contribution in [0.15, 0.2) is 30.5 Å². The first-order valence-electron chi connectivity index (χ1n) is 7.02. The van der Waals surface area contributed by atoms with Crippen LogP contribution in [0.5, 0.6) is 0 Å². The summed E-state index contributed by atoms with van der Waals surface area (Å²) in [5, 5.41) is 2.77. The van der Waals surface area contributed by atoms with Gasteiger partial charge in [-0.05, 0) is 42.0 Å². The number of nitrogens with zero attached hydrogens (tertiary/aromatic N) is 1. The first kappa shape index (κ1) is 14.6. The highest BCUT2D eigenvalue weighted by atomic mass is 19.1. The molecule has 1 aliphatic heterocycles. The summed E-state index contributed by atoms with van der Waals surface area (Å²) >= 11 is 0. The van der Waals surface area contributed by atoms with E-state index in [-0.39, 0.29) is 11.8 Å². The van der Waals surface area contributed by atoms with Crippen molar-refractivity contribution in [3.63, 3.8) is 0 Å². The van der Waals surface area contributed by atoms with E-state index in [0.717, 1.165) is 18.7 Å². The molecule has 0 spiro atoms. The molecule has 1 aliphatic rings. The number of nitrogens with one attached hydrogen (secondary N) is 1. The van der Waals surface area contributed by atoms with Crippen LogP contribution in [0.1, 0.15) is 25.8 Å². The second kappa shape index (κ2) is 6.55. The molecular formula is C16H21FN2O. The van der Waals surface area contributed by atoms with E-state index < -0.39 is 0 Å². The van der Waals surface area contributed by atoms with E-state index in [1.54, 1.807) is 24.4 Å². The highest BCUT2D eigenvalue weighted by Gasteiger charge is 2.24. The highest BCUT2D eigenvalue weighted by Crippen LogP contribution is 2.20. The third-order valence-corrected chi connectivity index (χ3v) is 3.51. The molecule has 1 N–H and O–H groups in total. The predicted octanol–water partition coefficient (Wildman–Crippen LogP) is 3.48. The van der Waals surface area contributed by atoms with Crippen LogP contribution >= 0.6 is 0 Å². The van der Waals surface area contributed by atoms with Crippen LogP contribution in [-0.4, -0.2) is 24.0 Å². The van der Waals surface area contributed by atoms with Crippen LogP contribution in [0, 0.1) is 17.7 Å². The van der Waals surface area contributed by atoms with Crippen molar-refractivity contribution >= 4 is 12.1 Å². The van der Waals surface area contributed by atoms with Crippen LogP contribution in [-0.2, 0) is 0 Å². The Morgan fingerprint density at radius 3 is 2.45 bits per heavy atom. The lowest BCUT2D eigenvalue weighted by Gasteiger charge is -2.34. The van der Waals surface area contributed by atoms with E-state index in [4.69, 9.17) is 0 Å². The van der Waals surface area contributed by atoms with Gasteiger partial charge < -0.3 is 10.2 Å². The highest BCUT2D eigenvalue weighted by molar-refractivity contribution is 5.76. The number of hydrogen-bond acceptors (Lipinski definition) is 1. The Labute approximate surface area is 119 Å². The minimum Gasteiger partial charge on any atom is -0.324 e. The standard InChI is InChI=1S/C16H21FN2O/c1-12-9-13(2)11-19(10-12)16(20)18-8-7-14-3-5-15(17)6-4-14/h3-8,12-13H,9-11H2,1-2H3,(H,18,20)/b8-7+. The fourth-order valence-corrected chi connectivity index (χ4v) is 2.70. The van der Waals surface area contributed by atoms with Crippen LogP contribution in [0.25, 0.3) is 6.08 Å². The number of amides is 2. The summed E-state index contributed by atoms with van der Waals surface area (Å²) in [5.74, 6) is 0.832. The Kier molecular flexibility index (Phi) is 4.77. The first-order valence-corrected chi connectivity index (χ1v) is 7.02. The smallest absolute Gasteiger partial charge is 0.321 e. The zero-order valence-corrected chi connectivity index (χ0v) is 12.0. The van der Waals surface area contributed by atoms with Gasteiger partial charge in [-0.1, -0.05) is 26.0 Å². The van der Waals surface area contributed by atoms with Gasteiger partial charge in [0.25, 0.3) is 0 Å². The van der Waals surface area contributed by atoms with Crippen molar-refractivity contribution in [3.8, 4) is 0 Å². The number of carbonyl (C=O) groups excluding carboxylic acids is 1. The lowest BCUT2D eigenvalue weighted by Crippen LogP contribution is -2.46. The monoisotopic (exact) mass is 276 g/mol. The fourth-order valence-electron chi connectivity index (χ4n) is 2.70. The van der Waals surface area contributed by atoms with E-state index in [0.29, 0.717) is 11.8 Å². The number of likely N-dealkylation sites (tertiary alicyclic amines) is 1. The Hall–Kier alpha value is -1.84. The fraction of sp³-hybridized carbons (Fsp3) is 0.438. The first-order chi connectivity index (χ1) is 9.54. The molecule has 108 valence electrons. The van der Waals surface area contributed by atoms with Crippen molar-refractivity contribution in [3.05, 3.63) is 41.8 Å². The van der Waals surface area contributed by atoms with Gasteiger partial charge in [0.1, 0.15) is 5.82 Å². The van der Waals surface area contributed by atoms with E-state index in [1.807, 2.05) is 4.90 Å². The number of piperidine rings is 1. The number of halogens is 1. The Balaban J connectivity index is 1.86. The van der Waals surface area contributed by atoms with Crippen molar-refractivity contribution in [1.82, 2.24) is 10.2 Å². The molecule has 0 aromatic heterocycles. The predicted molar refractivity (Wildman–Crippen MR) is 78.5 cm³/mol. The largest absolute Gasteiger partial charge is 0.324 e. The molecule has 3 nitrogen and oxygen atoms in total. The molecule has 2 unspecified atom stereocenters. The molecule has 1 heterocycles. The number of rotatable bonds is 2. The van der Waals surface area contributed by atoms with Crippen LogP contribution in [0.2, 0.25) is 0 Å². The molecule has 1 fully saturated rings. The van der Waals surface area contributed by atoms with Crippen molar-refractivity contribution in [1.29, 1.82) is 0 Å². The van der Waals surface area contributed by atoms with Gasteiger partial charge >= 0.3 is 6.03 Å². The molecule has 2 amide bonds. The molecule has 1 saturated heterocycles. The minimum atomic E-state index is -0.262. The third kappa shape index (κ3) is 4.08. The lowest BCUT2D eigenvalue weighted by molar-refractivity contribution is 0.149. The molecular weight excluding hydrogens is 255 g/mol. The van der Waals surface area contributed by atoms with Crippen molar-refractivity contribution in [2.24, 2.45) is 11.8 Å². The van der Waals surface area contributed by atoms with E-state index >= 15 is 0 Å². The van der Waals surface area contributed by atoms with E-state index in [1.165, 1.54) is 18.6 Å². The zero-order valence-electron chi connectivity index (χ0n) is 12.0. The maximum Gasteiger partial charge on any atom is 0.321 e. The van der Waals surface area contributed by atoms with Gasteiger partial charge in [-0.3, -0.25) is 0 Å². The quantitative estimate of drug-likeness (QED) is 0.881. The number of benzene rings is 1. The third-order valence-electron chi connectivity index (χ3n) is 3.51. The van der Waals surface area contributed by atoms with Gasteiger partial charge in [0.15, 0.2) is 0 Å². The average Bonchev–Trinajstić information content (AvgIpc) is 2.40. The summed E-state index contributed by atoms with van der Waals surface area (Å²) < 4.78 is 12.8. The van der Waals surface area contributed by atoms with Gasteiger partial charge in [-0.25, -0.2) is 9.18 Å². The summed E-state index contributed by atoms with van der Waals surface area (Å²) in [7, 11) is 0. The normalized spacial score (nSPS) is 23.1. The molecule has 2 atom stereocenters. The molecule has 0 bridgehead atoms. The van der Waals surface area contributed by atoms with E-state index in [2.05, 4.69) is 19.2 Å². The molecule has 0 saturated carbocycles. The maximum atomic E-state index is 12.8. The summed E-state index contributed by atoms with van der Waals surface area (Å²) in [6, 6.07) is 6.07. The summed E-state index contributed by atoms with van der Waals surface area (Å²) in [5.41, 5.74) is 0.854. The molecule has 0 radical (unpaired) electrons. The zero-order chi connectivity index (χ0) is 14.5. The van der Waals surface area contributed by atoms with Gasteiger partial charge in [0, 0.05) is 19.3 Å². The molecule has 20 heavy (non-hydrogen) atoms. The summed E-state index contributed by atoms with van der Waals surface area (Å²) in [6.07, 6.45) is 4.54. The van der Waals surface area contributed by atoms with E-state index in [9.17, 15) is 9.18 Å². The summed E-state index contributed by atoms with van der Waals surface area (Å²) in [4.78, 5) is 13.9. The Morgan fingerprint density at radius 2 is 1.85 bits per heavy atom. The van der Waals surface area contributed by atoms with Crippen LogP contribution in [0.4, 0.5) is 9.18 Å². The Morgan fingerprint density at radius 1 is 1.25 bits per heavy atom. The van der Waals surface area contributed by atoms with Crippen molar-refractivity contribution in [2.75, 3.05) is 13.1 Å². The minimum absolute atomic E-state index is 0.0678.